The number of hydrogen-bond acceptors (Lipinski definition) is 4. The molecule has 0 aromatic rings. The Morgan fingerprint density at radius 1 is 1.21 bits per heavy atom. The molecule has 1 aliphatic heterocycles. The number of rotatable bonds is 7. The van der Waals surface area contributed by atoms with Crippen LogP contribution in [-0.4, -0.2) is 40.9 Å². The van der Waals surface area contributed by atoms with Crippen LogP contribution in [0.5, 0.6) is 0 Å². The Hall–Kier alpha value is -1.72. The van der Waals surface area contributed by atoms with Crippen molar-refractivity contribution in [3.05, 3.63) is 0 Å². The van der Waals surface area contributed by atoms with Gasteiger partial charge in [-0.3, -0.25) is 19.2 Å². The highest BCUT2D eigenvalue weighted by atomic mass is 16.2. The van der Waals surface area contributed by atoms with Crippen LogP contribution < -0.4 is 5.73 Å². The second kappa shape index (κ2) is 5.67. The van der Waals surface area contributed by atoms with Crippen molar-refractivity contribution < 1.29 is 19.2 Å². The van der Waals surface area contributed by atoms with Crippen LogP contribution in [0.3, 0.4) is 0 Å². The van der Waals surface area contributed by atoms with Crippen LogP contribution in [0.15, 0.2) is 0 Å². The van der Waals surface area contributed by atoms with Crippen molar-refractivity contribution in [3.63, 3.8) is 0 Å². The van der Waals surface area contributed by atoms with Crippen molar-refractivity contribution in [1.29, 1.82) is 0 Å². The summed E-state index contributed by atoms with van der Waals surface area (Å²) in [7, 11) is 0. The minimum atomic E-state index is -0.965. The fraction of sp³-hybridized carbons (Fsp3) is 0.778. The van der Waals surface area contributed by atoms with Crippen LogP contribution in [0.2, 0.25) is 0 Å². The van der Waals surface area contributed by atoms with E-state index in [9.17, 15) is 19.2 Å². The minimum Gasteiger partial charge on any atom is -0.363 e. The molecule has 1 heterocycles. The lowest BCUT2D eigenvalue weighted by atomic mass is 9.87. The van der Waals surface area contributed by atoms with Crippen LogP contribution in [-0.2, 0) is 19.2 Å². The number of fused-ring (bicyclic) bond motifs is 1. The maximum atomic E-state index is 12.9. The lowest BCUT2D eigenvalue weighted by molar-refractivity contribution is -0.142. The summed E-state index contributed by atoms with van der Waals surface area (Å²) in [5.41, 5.74) is 5.21. The molecule has 1 unspecified atom stereocenters. The van der Waals surface area contributed by atoms with E-state index in [4.69, 9.17) is 5.73 Å². The van der Waals surface area contributed by atoms with Crippen molar-refractivity contribution >= 4 is 23.4 Å². The van der Waals surface area contributed by atoms with Gasteiger partial charge in [-0.05, 0) is 29.6 Å². The number of nitrogens with two attached hydrogens (primary N) is 1. The lowest BCUT2D eigenvalue weighted by Crippen LogP contribution is -2.45. The van der Waals surface area contributed by atoms with E-state index >= 15 is 0 Å². The molecule has 2 saturated carbocycles. The van der Waals surface area contributed by atoms with E-state index in [0.717, 1.165) is 12.8 Å². The summed E-state index contributed by atoms with van der Waals surface area (Å²) in [4.78, 5) is 49.8. The number of likely N-dealkylation sites (tertiary alicyclic amines) is 1. The molecule has 6 nitrogen and oxygen atoms in total. The van der Waals surface area contributed by atoms with E-state index in [-0.39, 0.29) is 29.4 Å². The van der Waals surface area contributed by atoms with Crippen molar-refractivity contribution in [2.24, 2.45) is 34.8 Å². The molecule has 0 aromatic carbocycles. The van der Waals surface area contributed by atoms with E-state index in [2.05, 4.69) is 13.8 Å². The fourth-order valence-electron chi connectivity index (χ4n) is 4.58. The van der Waals surface area contributed by atoms with Crippen LogP contribution >= 0.6 is 0 Å². The van der Waals surface area contributed by atoms with Gasteiger partial charge in [-0.2, -0.15) is 0 Å². The van der Waals surface area contributed by atoms with Crippen LogP contribution in [0.25, 0.3) is 0 Å². The largest absolute Gasteiger partial charge is 0.363 e. The van der Waals surface area contributed by atoms with Gasteiger partial charge in [0.25, 0.3) is 5.91 Å². The number of primary amides is 1. The zero-order valence-electron chi connectivity index (χ0n) is 14.6. The summed E-state index contributed by atoms with van der Waals surface area (Å²) >= 11 is 0. The highest BCUT2D eigenvalue weighted by molar-refractivity contribution is 6.36. The molecule has 132 valence electrons. The topological polar surface area (TPSA) is 97.5 Å². The number of carbonyl (C=O) groups excluding carboxylic acids is 4. The minimum absolute atomic E-state index is 0.0199. The van der Waals surface area contributed by atoms with Gasteiger partial charge in [0.2, 0.25) is 11.7 Å². The number of hydrogen-bond donors (Lipinski definition) is 1. The Kier molecular flexibility index (Phi) is 4.04. The van der Waals surface area contributed by atoms with Crippen molar-refractivity contribution in [2.75, 3.05) is 6.54 Å². The quantitative estimate of drug-likeness (QED) is 0.700. The Morgan fingerprint density at radius 3 is 2.33 bits per heavy atom. The second-order valence-electron chi connectivity index (χ2n) is 8.34. The van der Waals surface area contributed by atoms with E-state index in [1.165, 1.54) is 6.92 Å². The summed E-state index contributed by atoms with van der Waals surface area (Å²) in [5, 5.41) is 0. The summed E-state index contributed by atoms with van der Waals surface area (Å²) in [6.07, 6.45) is 2.65. The first-order valence-corrected chi connectivity index (χ1v) is 8.78. The standard InChI is InChI=1S/C18H26N2O4/c1-9(21)20-8-12-14(18(12,2)3)15(20)13(22)7-11(6-10-4-5-10)16(23)17(19)24/h10-12,14-15H,4-8H2,1-3H3,(H2,19,24)/t11?,12-,14-,15+/m0/s1. The van der Waals surface area contributed by atoms with Crippen molar-refractivity contribution in [3.8, 4) is 0 Å². The monoisotopic (exact) mass is 334 g/mol. The maximum absolute atomic E-state index is 12.9. The highest BCUT2D eigenvalue weighted by Gasteiger charge is 2.68. The van der Waals surface area contributed by atoms with Gasteiger partial charge >= 0.3 is 0 Å². The smallest absolute Gasteiger partial charge is 0.285 e. The van der Waals surface area contributed by atoms with Gasteiger partial charge in [-0.25, -0.2) is 0 Å². The molecule has 3 aliphatic rings. The third-order valence-electron chi connectivity index (χ3n) is 6.32. The van der Waals surface area contributed by atoms with Crippen molar-refractivity contribution in [2.45, 2.75) is 52.5 Å². The number of ketones is 2. The number of carbonyl (C=O) groups is 4. The lowest BCUT2D eigenvalue weighted by Gasteiger charge is -2.29. The molecule has 3 fully saturated rings. The average molecular weight is 334 g/mol. The highest BCUT2D eigenvalue weighted by Crippen LogP contribution is 2.65. The molecule has 2 N–H and O–H groups in total. The van der Waals surface area contributed by atoms with Gasteiger partial charge < -0.3 is 10.6 Å². The SMILES string of the molecule is CC(=O)N1C[C@H]2[C@@H]([C@H]1C(=O)CC(CC1CC1)C(=O)C(N)=O)C2(C)C. The number of piperidine rings is 1. The fourth-order valence-corrected chi connectivity index (χ4v) is 4.58. The molecular weight excluding hydrogens is 308 g/mol. The molecule has 3 rings (SSSR count). The summed E-state index contributed by atoms with van der Waals surface area (Å²) in [6.45, 7) is 6.33. The molecule has 1 saturated heterocycles. The van der Waals surface area contributed by atoms with E-state index in [1.807, 2.05) is 0 Å². The molecule has 4 atom stereocenters. The summed E-state index contributed by atoms with van der Waals surface area (Å²) in [5.74, 6) is -1.49. The first-order chi connectivity index (χ1) is 11.1. The number of nitrogens with zero attached hydrogens (tertiary/aromatic N) is 1. The summed E-state index contributed by atoms with van der Waals surface area (Å²) in [6, 6.07) is -0.454. The average Bonchev–Trinajstić information content (AvgIpc) is 3.32. The van der Waals surface area contributed by atoms with Gasteiger partial charge in [0.15, 0.2) is 5.78 Å². The Labute approximate surface area is 142 Å². The van der Waals surface area contributed by atoms with Gasteiger partial charge in [-0.15, -0.1) is 0 Å². The normalized spacial score (nSPS) is 31.3. The van der Waals surface area contributed by atoms with Crippen molar-refractivity contribution in [1.82, 2.24) is 4.90 Å². The van der Waals surface area contributed by atoms with Gasteiger partial charge in [0, 0.05) is 25.8 Å². The number of amides is 2. The molecule has 6 heteroatoms. The maximum Gasteiger partial charge on any atom is 0.285 e. The zero-order valence-corrected chi connectivity index (χ0v) is 14.6. The first-order valence-electron chi connectivity index (χ1n) is 8.78. The molecule has 24 heavy (non-hydrogen) atoms. The predicted molar refractivity (Wildman–Crippen MR) is 86.6 cm³/mol. The number of Topliss-reactive ketones (excluding diaryl/α,β-unsaturated/α-hetero) is 2. The summed E-state index contributed by atoms with van der Waals surface area (Å²) < 4.78 is 0. The Morgan fingerprint density at radius 2 is 1.83 bits per heavy atom. The molecular formula is C18H26N2O4. The Balaban J connectivity index is 1.74. The molecule has 2 aliphatic carbocycles. The van der Waals surface area contributed by atoms with Crippen LogP contribution in [0, 0.1) is 29.1 Å². The molecule has 0 bridgehead atoms. The third kappa shape index (κ3) is 2.87. The van der Waals surface area contributed by atoms with E-state index in [1.54, 1.807) is 4.90 Å². The molecule has 0 aromatic heterocycles. The van der Waals surface area contributed by atoms with Crippen LogP contribution in [0.1, 0.15) is 46.5 Å². The van der Waals surface area contributed by atoms with E-state index in [0.29, 0.717) is 24.8 Å². The van der Waals surface area contributed by atoms with E-state index < -0.39 is 23.7 Å². The predicted octanol–water partition coefficient (Wildman–Crippen LogP) is 0.919. The van der Waals surface area contributed by atoms with Gasteiger partial charge in [0.1, 0.15) is 0 Å². The zero-order chi connectivity index (χ0) is 17.8. The third-order valence-corrected chi connectivity index (χ3v) is 6.32. The Bertz CT molecular complexity index is 608. The van der Waals surface area contributed by atoms with Gasteiger partial charge in [-0.1, -0.05) is 26.7 Å². The molecule has 0 radical (unpaired) electrons. The van der Waals surface area contributed by atoms with Crippen LogP contribution in [0.4, 0.5) is 0 Å². The molecule has 0 spiro atoms. The molecule has 2 amide bonds. The first kappa shape index (κ1) is 17.1. The van der Waals surface area contributed by atoms with Gasteiger partial charge in [0.05, 0.1) is 6.04 Å². The second-order valence-corrected chi connectivity index (χ2v) is 8.34.